The molecule has 8 heteroatoms. The summed E-state index contributed by atoms with van der Waals surface area (Å²) in [4.78, 5) is 6.60. The molecule has 0 amide bonds. The van der Waals surface area contributed by atoms with E-state index in [-0.39, 0.29) is 36.2 Å². The fourth-order valence-corrected chi connectivity index (χ4v) is 6.70. The molecule has 7 atom stereocenters. The van der Waals surface area contributed by atoms with Crippen LogP contribution in [0.4, 0.5) is 0 Å². The van der Waals surface area contributed by atoms with Gasteiger partial charge in [-0.2, -0.15) is 5.06 Å². The molecule has 0 aliphatic carbocycles. The summed E-state index contributed by atoms with van der Waals surface area (Å²) in [5.41, 5.74) is 1.42. The Hall–Kier alpha value is -0.843. The predicted molar refractivity (Wildman–Crippen MR) is 121 cm³/mol. The summed E-state index contributed by atoms with van der Waals surface area (Å²) in [6.07, 6.45) is -0.646. The smallest absolute Gasteiger partial charge is 0.190 e. The van der Waals surface area contributed by atoms with Gasteiger partial charge >= 0.3 is 0 Å². The van der Waals surface area contributed by atoms with Crippen molar-refractivity contribution in [3.8, 4) is 0 Å². The standard InChI is InChI=1S/C24H37NO6Si/c1-23(2)27-19-18(26-22-21(20(19)28-23)29-24(3,4)30-22)16-13-17(32(5,6)7)31-25(16)14-15-11-9-8-10-12-15/h8-12,16-22H,13-14H2,1-7H3/t16-,17+,18-,19+,20+,21-,22-/m1/s1. The van der Waals surface area contributed by atoms with E-state index in [2.05, 4.69) is 49.0 Å². The summed E-state index contributed by atoms with van der Waals surface area (Å²) >= 11 is 0. The van der Waals surface area contributed by atoms with Crippen molar-refractivity contribution >= 4 is 8.07 Å². The molecule has 0 aromatic heterocycles. The lowest BCUT2D eigenvalue weighted by molar-refractivity contribution is -0.262. The van der Waals surface area contributed by atoms with Crippen molar-refractivity contribution in [1.82, 2.24) is 5.06 Å². The van der Waals surface area contributed by atoms with Gasteiger partial charge in [-0.1, -0.05) is 50.0 Å². The van der Waals surface area contributed by atoms with Gasteiger partial charge in [0.15, 0.2) is 17.9 Å². The Labute approximate surface area is 192 Å². The van der Waals surface area contributed by atoms with Crippen LogP contribution in [0.2, 0.25) is 19.6 Å². The molecule has 0 unspecified atom stereocenters. The van der Waals surface area contributed by atoms with Gasteiger partial charge in [-0.3, -0.25) is 4.84 Å². The summed E-state index contributed by atoms with van der Waals surface area (Å²) in [5.74, 6) is -1.43. The van der Waals surface area contributed by atoms with Crippen LogP contribution in [-0.2, 0) is 35.1 Å². The lowest BCUT2D eigenvalue weighted by Gasteiger charge is -2.41. The van der Waals surface area contributed by atoms with E-state index in [1.807, 2.05) is 33.8 Å². The maximum atomic E-state index is 6.61. The van der Waals surface area contributed by atoms with E-state index < -0.39 is 25.9 Å². The molecular formula is C24H37NO6Si. The quantitative estimate of drug-likeness (QED) is 0.629. The molecule has 4 saturated heterocycles. The summed E-state index contributed by atoms with van der Waals surface area (Å²) in [6, 6.07) is 10.5. The van der Waals surface area contributed by atoms with Crippen LogP contribution in [0.15, 0.2) is 30.3 Å². The van der Waals surface area contributed by atoms with Gasteiger partial charge in [-0.05, 0) is 39.7 Å². The number of benzene rings is 1. The molecule has 7 nitrogen and oxygen atoms in total. The zero-order chi connectivity index (χ0) is 22.9. The topological polar surface area (TPSA) is 58.6 Å². The molecule has 1 aromatic carbocycles. The van der Waals surface area contributed by atoms with Crippen LogP contribution in [0.5, 0.6) is 0 Å². The molecule has 178 valence electrons. The van der Waals surface area contributed by atoms with Crippen LogP contribution < -0.4 is 0 Å². The van der Waals surface area contributed by atoms with E-state index in [4.69, 9.17) is 28.5 Å². The molecule has 4 heterocycles. The third-order valence-corrected chi connectivity index (χ3v) is 9.08. The number of hydroxylamine groups is 2. The maximum absolute atomic E-state index is 6.61. The lowest BCUT2D eigenvalue weighted by atomic mass is 9.92. The Morgan fingerprint density at radius 2 is 1.44 bits per heavy atom. The Bertz CT molecular complexity index is 828. The molecule has 4 fully saturated rings. The lowest BCUT2D eigenvalue weighted by Crippen LogP contribution is -2.60. The highest BCUT2D eigenvalue weighted by atomic mass is 28.3. The van der Waals surface area contributed by atoms with E-state index in [0.717, 1.165) is 6.42 Å². The molecule has 32 heavy (non-hydrogen) atoms. The number of hydrogen-bond acceptors (Lipinski definition) is 7. The maximum Gasteiger partial charge on any atom is 0.190 e. The molecule has 0 saturated carbocycles. The first-order chi connectivity index (χ1) is 14.9. The van der Waals surface area contributed by atoms with Gasteiger partial charge in [0.2, 0.25) is 0 Å². The van der Waals surface area contributed by atoms with Crippen molar-refractivity contribution in [1.29, 1.82) is 0 Å². The van der Waals surface area contributed by atoms with E-state index in [0.29, 0.717) is 6.54 Å². The van der Waals surface area contributed by atoms with Gasteiger partial charge in [0, 0.05) is 6.54 Å². The molecule has 1 aromatic rings. The number of fused-ring (bicyclic) bond motifs is 3. The molecule has 5 rings (SSSR count). The Morgan fingerprint density at radius 1 is 0.844 bits per heavy atom. The van der Waals surface area contributed by atoms with E-state index >= 15 is 0 Å². The zero-order valence-corrected chi connectivity index (χ0v) is 21.2. The highest BCUT2D eigenvalue weighted by Crippen LogP contribution is 2.47. The van der Waals surface area contributed by atoms with Crippen LogP contribution in [-0.4, -0.2) is 67.2 Å². The van der Waals surface area contributed by atoms with Gasteiger partial charge in [0.1, 0.15) is 24.4 Å². The highest BCUT2D eigenvalue weighted by Gasteiger charge is 2.63. The van der Waals surface area contributed by atoms with Crippen molar-refractivity contribution in [3.05, 3.63) is 35.9 Å². The first-order valence-corrected chi connectivity index (χ1v) is 15.3. The first-order valence-electron chi connectivity index (χ1n) is 11.8. The molecular weight excluding hydrogens is 426 g/mol. The Balaban J connectivity index is 1.45. The second-order valence-electron chi connectivity index (χ2n) is 11.5. The van der Waals surface area contributed by atoms with E-state index in [1.54, 1.807) is 0 Å². The van der Waals surface area contributed by atoms with Crippen molar-refractivity contribution < 1.29 is 28.5 Å². The van der Waals surface area contributed by atoms with Crippen LogP contribution in [0.25, 0.3) is 0 Å². The van der Waals surface area contributed by atoms with Gasteiger partial charge in [-0.25, -0.2) is 0 Å². The van der Waals surface area contributed by atoms with Gasteiger partial charge in [0.05, 0.1) is 19.8 Å². The summed E-state index contributed by atoms with van der Waals surface area (Å²) in [7, 11) is -1.55. The van der Waals surface area contributed by atoms with Crippen molar-refractivity contribution in [2.24, 2.45) is 0 Å². The second-order valence-corrected chi connectivity index (χ2v) is 16.8. The van der Waals surface area contributed by atoms with Crippen LogP contribution in [0.1, 0.15) is 39.7 Å². The minimum atomic E-state index is -1.55. The third kappa shape index (κ3) is 4.32. The highest BCUT2D eigenvalue weighted by molar-refractivity contribution is 6.77. The van der Waals surface area contributed by atoms with Gasteiger partial charge < -0.3 is 23.7 Å². The minimum Gasteiger partial charge on any atom is -0.342 e. The normalized spacial score (nSPS) is 40.9. The monoisotopic (exact) mass is 463 g/mol. The molecule has 0 bridgehead atoms. The fraction of sp³-hybridized carbons (Fsp3) is 0.750. The second kappa shape index (κ2) is 7.85. The number of hydrogen-bond donors (Lipinski definition) is 0. The summed E-state index contributed by atoms with van der Waals surface area (Å²) < 4.78 is 31.7. The minimum absolute atomic E-state index is 0.0326. The number of nitrogens with zero attached hydrogens (tertiary/aromatic N) is 1. The van der Waals surface area contributed by atoms with Crippen molar-refractivity contribution in [2.45, 2.75) is 114 Å². The molecule has 0 radical (unpaired) electrons. The molecule has 4 aliphatic rings. The fourth-order valence-electron chi connectivity index (χ4n) is 5.30. The van der Waals surface area contributed by atoms with E-state index in [9.17, 15) is 0 Å². The number of ether oxygens (including phenoxy) is 5. The Kier molecular flexibility index (Phi) is 5.62. The predicted octanol–water partition coefficient (Wildman–Crippen LogP) is 3.84. The first kappa shape index (κ1) is 22.9. The average Bonchev–Trinajstić information content (AvgIpc) is 3.33. The number of rotatable bonds is 4. The van der Waals surface area contributed by atoms with Crippen LogP contribution in [0, 0.1) is 0 Å². The summed E-state index contributed by atoms with van der Waals surface area (Å²) in [5, 5.41) is 2.12. The largest absolute Gasteiger partial charge is 0.342 e. The zero-order valence-electron chi connectivity index (χ0n) is 20.2. The molecule has 4 aliphatic heterocycles. The van der Waals surface area contributed by atoms with Crippen molar-refractivity contribution in [3.63, 3.8) is 0 Å². The Morgan fingerprint density at radius 3 is 2.09 bits per heavy atom. The molecule has 0 N–H and O–H groups in total. The van der Waals surface area contributed by atoms with Gasteiger partial charge in [-0.15, -0.1) is 0 Å². The molecule has 0 spiro atoms. The average molecular weight is 464 g/mol. The van der Waals surface area contributed by atoms with Crippen LogP contribution in [0.3, 0.4) is 0 Å². The summed E-state index contributed by atoms with van der Waals surface area (Å²) in [6.45, 7) is 15.5. The van der Waals surface area contributed by atoms with Gasteiger partial charge in [0.25, 0.3) is 0 Å². The third-order valence-electron chi connectivity index (χ3n) is 6.81. The van der Waals surface area contributed by atoms with Crippen molar-refractivity contribution in [2.75, 3.05) is 0 Å². The van der Waals surface area contributed by atoms with E-state index in [1.165, 1.54) is 5.56 Å². The SMILES string of the molecule is CC1(C)O[C@@H]2[C@H](O1)[C@H]1OC(C)(C)O[C@H]1O[C@@H]2[C@H]1C[C@H]([Si](C)(C)C)ON1Cc1ccccc1. The van der Waals surface area contributed by atoms with Crippen LogP contribution >= 0.6 is 0 Å².